The second-order valence-corrected chi connectivity index (χ2v) is 4.82. The number of ether oxygens (including phenoxy) is 1. The number of methoxy groups -OCH3 is 1. The van der Waals surface area contributed by atoms with Gasteiger partial charge < -0.3 is 10.1 Å². The van der Waals surface area contributed by atoms with Gasteiger partial charge in [-0.25, -0.2) is 0 Å². The van der Waals surface area contributed by atoms with E-state index >= 15 is 0 Å². The Morgan fingerprint density at radius 2 is 2.31 bits per heavy atom. The number of carbonyl (C=O) groups excluding carboxylic acids is 1. The van der Waals surface area contributed by atoms with E-state index in [9.17, 15) is 4.79 Å². The maximum Gasteiger partial charge on any atom is 0.256 e. The van der Waals surface area contributed by atoms with Crippen molar-refractivity contribution >= 4 is 21.8 Å². The van der Waals surface area contributed by atoms with E-state index in [1.54, 1.807) is 13.2 Å². The molecule has 0 saturated heterocycles. The fourth-order valence-electron chi connectivity index (χ4n) is 1.54. The molecule has 0 unspecified atom stereocenters. The number of nitrogens with one attached hydrogen (secondary N) is 1. The van der Waals surface area contributed by atoms with E-state index in [1.807, 2.05) is 12.1 Å². The first-order chi connectivity index (χ1) is 7.72. The molecule has 1 aliphatic rings. The Kier molecular flexibility index (Phi) is 3.49. The molecule has 1 fully saturated rings. The Morgan fingerprint density at radius 1 is 1.56 bits per heavy atom. The minimum Gasteiger partial charge on any atom is -0.496 e. The number of benzene rings is 1. The minimum atomic E-state index is -0.0729. The van der Waals surface area contributed by atoms with Crippen molar-refractivity contribution in [3.8, 4) is 5.75 Å². The van der Waals surface area contributed by atoms with Crippen LogP contribution in [0.3, 0.4) is 0 Å². The van der Waals surface area contributed by atoms with E-state index < -0.39 is 0 Å². The van der Waals surface area contributed by atoms with Crippen LogP contribution in [-0.4, -0.2) is 19.6 Å². The molecule has 0 aliphatic heterocycles. The Morgan fingerprint density at radius 3 is 2.94 bits per heavy atom. The second kappa shape index (κ2) is 4.87. The minimum absolute atomic E-state index is 0.0729. The van der Waals surface area contributed by atoms with Crippen LogP contribution in [0.2, 0.25) is 0 Å². The topological polar surface area (TPSA) is 38.3 Å². The van der Waals surface area contributed by atoms with Gasteiger partial charge in [0.05, 0.1) is 12.7 Å². The summed E-state index contributed by atoms with van der Waals surface area (Å²) in [6.45, 7) is 0.767. The van der Waals surface area contributed by atoms with Gasteiger partial charge in [-0.1, -0.05) is 6.07 Å². The number of hydrogen-bond donors (Lipinski definition) is 1. The number of amides is 1. The highest BCUT2D eigenvalue weighted by atomic mass is 79.9. The van der Waals surface area contributed by atoms with Gasteiger partial charge in [0.1, 0.15) is 5.75 Å². The van der Waals surface area contributed by atoms with Crippen molar-refractivity contribution < 1.29 is 9.53 Å². The lowest BCUT2D eigenvalue weighted by molar-refractivity contribution is 0.0948. The van der Waals surface area contributed by atoms with Crippen LogP contribution in [0.5, 0.6) is 5.75 Å². The summed E-state index contributed by atoms with van der Waals surface area (Å²) in [5, 5.41) is 2.93. The first-order valence-corrected chi connectivity index (χ1v) is 6.12. The van der Waals surface area contributed by atoms with E-state index in [4.69, 9.17) is 4.74 Å². The van der Waals surface area contributed by atoms with Crippen LogP contribution < -0.4 is 10.1 Å². The van der Waals surface area contributed by atoms with Gasteiger partial charge in [0.2, 0.25) is 0 Å². The molecule has 1 aliphatic carbocycles. The summed E-state index contributed by atoms with van der Waals surface area (Å²) in [7, 11) is 1.57. The standard InChI is InChI=1S/C12H14BrNO2/c1-16-10-4-2-3-9(13)11(10)12(15)14-7-8-5-6-8/h2-4,8H,5-7H2,1H3,(H,14,15). The molecule has 1 amide bonds. The van der Waals surface area contributed by atoms with Crippen molar-refractivity contribution in [3.63, 3.8) is 0 Å². The van der Waals surface area contributed by atoms with Gasteiger partial charge in [-0.2, -0.15) is 0 Å². The number of rotatable bonds is 4. The van der Waals surface area contributed by atoms with Gasteiger partial charge in [-0.05, 0) is 46.8 Å². The third kappa shape index (κ3) is 2.55. The van der Waals surface area contributed by atoms with Crippen LogP contribution in [0.25, 0.3) is 0 Å². The van der Waals surface area contributed by atoms with E-state index in [0.29, 0.717) is 17.2 Å². The molecule has 0 atom stereocenters. The molecule has 0 spiro atoms. The van der Waals surface area contributed by atoms with Gasteiger partial charge in [0.15, 0.2) is 0 Å². The molecule has 4 heteroatoms. The van der Waals surface area contributed by atoms with E-state index in [2.05, 4.69) is 21.2 Å². The first-order valence-electron chi connectivity index (χ1n) is 5.33. The SMILES string of the molecule is COc1cccc(Br)c1C(=O)NCC1CC1. The molecule has 1 aromatic carbocycles. The molecule has 1 saturated carbocycles. The van der Waals surface area contributed by atoms with Gasteiger partial charge in [-0.3, -0.25) is 4.79 Å². The molecule has 86 valence electrons. The molecule has 2 rings (SSSR count). The molecule has 0 radical (unpaired) electrons. The first kappa shape index (κ1) is 11.5. The van der Waals surface area contributed by atoms with Crippen molar-refractivity contribution in [2.45, 2.75) is 12.8 Å². The summed E-state index contributed by atoms with van der Waals surface area (Å²) >= 11 is 3.37. The molecule has 0 heterocycles. The van der Waals surface area contributed by atoms with Gasteiger partial charge >= 0.3 is 0 Å². The molecule has 0 aromatic heterocycles. The van der Waals surface area contributed by atoms with Crippen LogP contribution in [0.4, 0.5) is 0 Å². The molecule has 0 bridgehead atoms. The highest BCUT2D eigenvalue weighted by molar-refractivity contribution is 9.10. The Labute approximate surface area is 103 Å². The molecule has 3 nitrogen and oxygen atoms in total. The maximum absolute atomic E-state index is 12.0. The van der Waals surface area contributed by atoms with E-state index in [1.165, 1.54) is 12.8 Å². The van der Waals surface area contributed by atoms with Crippen LogP contribution in [0, 0.1) is 5.92 Å². The van der Waals surface area contributed by atoms with Crippen LogP contribution in [0.15, 0.2) is 22.7 Å². The van der Waals surface area contributed by atoms with E-state index in [0.717, 1.165) is 11.0 Å². The Hall–Kier alpha value is -1.03. The summed E-state index contributed by atoms with van der Waals surface area (Å²) in [5.41, 5.74) is 0.575. The largest absolute Gasteiger partial charge is 0.496 e. The summed E-state index contributed by atoms with van der Waals surface area (Å²) in [4.78, 5) is 12.0. The highest BCUT2D eigenvalue weighted by Gasteiger charge is 2.23. The third-order valence-electron chi connectivity index (χ3n) is 2.67. The summed E-state index contributed by atoms with van der Waals surface area (Å²) in [6, 6.07) is 5.48. The summed E-state index contributed by atoms with van der Waals surface area (Å²) in [6.07, 6.45) is 2.46. The number of hydrogen-bond acceptors (Lipinski definition) is 2. The predicted octanol–water partition coefficient (Wildman–Crippen LogP) is 2.60. The number of halogens is 1. The second-order valence-electron chi connectivity index (χ2n) is 3.97. The average molecular weight is 284 g/mol. The molecular formula is C12H14BrNO2. The van der Waals surface area contributed by atoms with E-state index in [-0.39, 0.29) is 5.91 Å². The Balaban J connectivity index is 2.13. The normalized spacial score (nSPS) is 14.6. The fourth-order valence-corrected chi connectivity index (χ4v) is 2.07. The predicted molar refractivity (Wildman–Crippen MR) is 65.8 cm³/mol. The zero-order valence-corrected chi connectivity index (χ0v) is 10.7. The molecule has 16 heavy (non-hydrogen) atoms. The quantitative estimate of drug-likeness (QED) is 0.923. The van der Waals surface area contributed by atoms with Crippen molar-refractivity contribution in [3.05, 3.63) is 28.2 Å². The van der Waals surface area contributed by atoms with Crippen LogP contribution >= 0.6 is 15.9 Å². The maximum atomic E-state index is 12.0. The Bertz CT molecular complexity index is 402. The zero-order valence-electron chi connectivity index (χ0n) is 9.13. The van der Waals surface area contributed by atoms with Gasteiger partial charge in [0, 0.05) is 11.0 Å². The zero-order chi connectivity index (χ0) is 11.5. The lowest BCUT2D eigenvalue weighted by Crippen LogP contribution is -2.26. The molecule has 1 N–H and O–H groups in total. The molecule has 1 aromatic rings. The van der Waals surface area contributed by atoms with Crippen LogP contribution in [0.1, 0.15) is 23.2 Å². The summed E-state index contributed by atoms with van der Waals surface area (Å²) in [5.74, 6) is 1.20. The summed E-state index contributed by atoms with van der Waals surface area (Å²) < 4.78 is 5.94. The lowest BCUT2D eigenvalue weighted by atomic mass is 10.2. The molecular weight excluding hydrogens is 270 g/mol. The monoisotopic (exact) mass is 283 g/mol. The van der Waals surface area contributed by atoms with Crippen LogP contribution in [-0.2, 0) is 0 Å². The lowest BCUT2D eigenvalue weighted by Gasteiger charge is -2.10. The highest BCUT2D eigenvalue weighted by Crippen LogP contribution is 2.29. The fraction of sp³-hybridized carbons (Fsp3) is 0.417. The van der Waals surface area contributed by atoms with Crippen molar-refractivity contribution in [2.24, 2.45) is 5.92 Å². The van der Waals surface area contributed by atoms with Crippen molar-refractivity contribution in [1.29, 1.82) is 0 Å². The average Bonchev–Trinajstić information content (AvgIpc) is 3.09. The smallest absolute Gasteiger partial charge is 0.256 e. The third-order valence-corrected chi connectivity index (χ3v) is 3.33. The number of carbonyl (C=O) groups is 1. The van der Waals surface area contributed by atoms with Crippen molar-refractivity contribution in [1.82, 2.24) is 5.32 Å². The van der Waals surface area contributed by atoms with Crippen molar-refractivity contribution in [2.75, 3.05) is 13.7 Å². The van der Waals surface area contributed by atoms with Gasteiger partial charge in [0.25, 0.3) is 5.91 Å². The van der Waals surface area contributed by atoms with Gasteiger partial charge in [-0.15, -0.1) is 0 Å².